The van der Waals surface area contributed by atoms with Crippen LogP contribution in [0.15, 0.2) is 30.3 Å². The first-order chi connectivity index (χ1) is 15.7. The summed E-state index contributed by atoms with van der Waals surface area (Å²) in [4.78, 5) is 24.7. The molecule has 0 radical (unpaired) electrons. The molecule has 1 aliphatic heterocycles. The normalized spacial score (nSPS) is 13.0. The molecule has 0 fully saturated rings. The van der Waals surface area contributed by atoms with Crippen molar-refractivity contribution < 1.29 is 9.59 Å². The van der Waals surface area contributed by atoms with Crippen LogP contribution in [0.4, 0.5) is 0 Å². The van der Waals surface area contributed by atoms with Crippen LogP contribution in [0.3, 0.4) is 0 Å². The fourth-order valence-electron chi connectivity index (χ4n) is 4.74. The molecule has 2 aromatic carbocycles. The minimum atomic E-state index is -0.290. The van der Waals surface area contributed by atoms with Crippen LogP contribution in [0.5, 0.6) is 0 Å². The Balaban J connectivity index is 1.29. The Labute approximate surface area is 193 Å². The molecule has 0 aromatic heterocycles. The Morgan fingerprint density at radius 2 is 1.38 bits per heavy atom. The Bertz CT molecular complexity index is 890. The highest BCUT2D eigenvalue weighted by atomic mass is 16.2. The molecule has 4 nitrogen and oxygen atoms in total. The van der Waals surface area contributed by atoms with Gasteiger partial charge < -0.3 is 5.32 Å². The van der Waals surface area contributed by atoms with Gasteiger partial charge in [-0.1, -0.05) is 89.0 Å². The van der Waals surface area contributed by atoms with Crippen LogP contribution in [0, 0.1) is 0 Å². The molecule has 1 aliphatic rings. The van der Waals surface area contributed by atoms with Crippen LogP contribution in [0.1, 0.15) is 110 Å². The van der Waals surface area contributed by atoms with Crippen LogP contribution in [0.25, 0.3) is 10.8 Å². The van der Waals surface area contributed by atoms with Crippen molar-refractivity contribution >= 4 is 22.6 Å². The second-order valence-electron chi connectivity index (χ2n) is 9.18. The number of carbonyl (C=O) groups excluding carboxylic acids is 2. The van der Waals surface area contributed by atoms with Gasteiger partial charge in [0.2, 0.25) is 0 Å². The predicted molar refractivity (Wildman–Crippen MR) is 133 cm³/mol. The van der Waals surface area contributed by atoms with E-state index in [-0.39, 0.29) is 11.8 Å². The largest absolute Gasteiger partial charge is 0.317 e. The van der Waals surface area contributed by atoms with E-state index in [2.05, 4.69) is 17.6 Å². The van der Waals surface area contributed by atoms with Crippen LogP contribution < -0.4 is 10.6 Å². The number of benzene rings is 2. The topological polar surface area (TPSA) is 58.2 Å². The van der Waals surface area contributed by atoms with E-state index in [9.17, 15) is 9.59 Å². The third-order valence-electron chi connectivity index (χ3n) is 6.59. The van der Waals surface area contributed by atoms with Crippen molar-refractivity contribution in [2.75, 3.05) is 13.1 Å². The molecule has 0 saturated heterocycles. The fraction of sp³-hybridized carbons (Fsp3) is 0.571. The molecular formula is C28H40N2O2. The molecule has 0 spiro atoms. The Morgan fingerprint density at radius 3 is 2.09 bits per heavy atom. The van der Waals surface area contributed by atoms with E-state index < -0.39 is 0 Å². The van der Waals surface area contributed by atoms with Gasteiger partial charge in [-0.2, -0.15) is 0 Å². The lowest BCUT2D eigenvalue weighted by Gasteiger charge is -2.19. The summed E-state index contributed by atoms with van der Waals surface area (Å²) in [7, 11) is 0. The van der Waals surface area contributed by atoms with Crippen molar-refractivity contribution in [2.24, 2.45) is 0 Å². The van der Waals surface area contributed by atoms with Gasteiger partial charge in [0.05, 0.1) is 5.56 Å². The lowest BCUT2D eigenvalue weighted by Crippen LogP contribution is -2.35. The number of hydrogen-bond donors (Lipinski definition) is 2. The molecule has 0 bridgehead atoms. The zero-order valence-corrected chi connectivity index (χ0v) is 19.8. The quantitative estimate of drug-likeness (QED) is 0.231. The zero-order valence-electron chi connectivity index (χ0n) is 19.8. The lowest BCUT2D eigenvalue weighted by molar-refractivity contribution is 0.0844. The maximum absolute atomic E-state index is 12.5. The van der Waals surface area contributed by atoms with Gasteiger partial charge in [0.15, 0.2) is 0 Å². The molecule has 4 heteroatoms. The summed E-state index contributed by atoms with van der Waals surface area (Å²) in [5, 5.41) is 7.84. The SMILES string of the molecule is CCCCCCCCCCCCNCCCCc1ccc2cccc3c2c1C(=O)NC3=O. The second-order valence-corrected chi connectivity index (χ2v) is 9.18. The maximum atomic E-state index is 12.5. The molecular weight excluding hydrogens is 396 g/mol. The first-order valence-electron chi connectivity index (χ1n) is 12.8. The van der Waals surface area contributed by atoms with Crippen molar-refractivity contribution in [2.45, 2.75) is 90.4 Å². The van der Waals surface area contributed by atoms with Gasteiger partial charge in [-0.15, -0.1) is 0 Å². The van der Waals surface area contributed by atoms with E-state index >= 15 is 0 Å². The number of unbranched alkanes of at least 4 members (excludes halogenated alkanes) is 10. The van der Waals surface area contributed by atoms with E-state index in [1.807, 2.05) is 24.3 Å². The predicted octanol–water partition coefficient (Wildman–Crippen LogP) is 6.56. The van der Waals surface area contributed by atoms with Gasteiger partial charge in [0.25, 0.3) is 11.8 Å². The van der Waals surface area contributed by atoms with E-state index in [1.54, 1.807) is 6.07 Å². The van der Waals surface area contributed by atoms with Crippen molar-refractivity contribution in [3.05, 3.63) is 47.0 Å². The summed E-state index contributed by atoms with van der Waals surface area (Å²) >= 11 is 0. The number of aryl methyl sites for hydroxylation is 1. The van der Waals surface area contributed by atoms with Gasteiger partial charge in [0, 0.05) is 10.9 Å². The number of nitrogens with one attached hydrogen (secondary N) is 2. The van der Waals surface area contributed by atoms with Gasteiger partial charge in [-0.25, -0.2) is 0 Å². The maximum Gasteiger partial charge on any atom is 0.259 e. The highest BCUT2D eigenvalue weighted by Crippen LogP contribution is 2.29. The third kappa shape index (κ3) is 6.90. The van der Waals surface area contributed by atoms with Crippen LogP contribution in [0.2, 0.25) is 0 Å². The Hall–Kier alpha value is -2.20. The van der Waals surface area contributed by atoms with E-state index in [1.165, 1.54) is 64.2 Å². The van der Waals surface area contributed by atoms with Crippen LogP contribution in [-0.4, -0.2) is 24.9 Å². The Morgan fingerprint density at radius 1 is 0.719 bits per heavy atom. The van der Waals surface area contributed by atoms with Crippen molar-refractivity contribution in [3.63, 3.8) is 0 Å². The van der Waals surface area contributed by atoms with Crippen molar-refractivity contribution in [3.8, 4) is 0 Å². The molecule has 0 unspecified atom stereocenters. The average Bonchev–Trinajstić information content (AvgIpc) is 2.80. The lowest BCUT2D eigenvalue weighted by atomic mass is 9.90. The first kappa shape index (κ1) is 24.4. The van der Waals surface area contributed by atoms with Gasteiger partial charge in [0.1, 0.15) is 0 Å². The van der Waals surface area contributed by atoms with E-state index in [4.69, 9.17) is 0 Å². The number of rotatable bonds is 16. The number of imide groups is 1. The average molecular weight is 437 g/mol. The summed E-state index contributed by atoms with van der Waals surface area (Å²) in [5.74, 6) is -0.546. The fourth-order valence-corrected chi connectivity index (χ4v) is 4.74. The Kier molecular flexibility index (Phi) is 10.2. The zero-order chi connectivity index (χ0) is 22.6. The highest BCUT2D eigenvalue weighted by Gasteiger charge is 2.26. The third-order valence-corrected chi connectivity index (χ3v) is 6.59. The summed E-state index contributed by atoms with van der Waals surface area (Å²) in [6.07, 6.45) is 16.7. The molecule has 0 aliphatic carbocycles. The molecule has 2 amide bonds. The second kappa shape index (κ2) is 13.4. The van der Waals surface area contributed by atoms with E-state index in [0.717, 1.165) is 48.7 Å². The minimum Gasteiger partial charge on any atom is -0.317 e. The molecule has 0 saturated carbocycles. The standard InChI is InChI=1S/C28H40N2O2/c1-2-3-4-5-6-7-8-9-10-12-20-29-21-13-11-15-23-19-18-22-16-14-17-24-25(22)26(23)28(32)30-27(24)31/h14,16-19,29H,2-13,15,20-21H2,1H3,(H,30,31,32). The summed E-state index contributed by atoms with van der Waals surface area (Å²) < 4.78 is 0. The molecule has 0 atom stereocenters. The first-order valence-corrected chi connectivity index (χ1v) is 12.8. The smallest absolute Gasteiger partial charge is 0.259 e. The molecule has 32 heavy (non-hydrogen) atoms. The molecule has 174 valence electrons. The molecule has 2 N–H and O–H groups in total. The summed E-state index contributed by atoms with van der Waals surface area (Å²) in [6, 6.07) is 9.72. The molecule has 2 aromatic rings. The van der Waals surface area contributed by atoms with Crippen molar-refractivity contribution in [1.29, 1.82) is 0 Å². The van der Waals surface area contributed by atoms with Gasteiger partial charge in [-0.05, 0) is 55.8 Å². The van der Waals surface area contributed by atoms with Gasteiger partial charge in [-0.3, -0.25) is 14.9 Å². The number of hydrogen-bond acceptors (Lipinski definition) is 3. The van der Waals surface area contributed by atoms with Crippen molar-refractivity contribution in [1.82, 2.24) is 10.6 Å². The van der Waals surface area contributed by atoms with Crippen LogP contribution in [-0.2, 0) is 6.42 Å². The summed E-state index contributed by atoms with van der Waals surface area (Å²) in [6.45, 7) is 4.40. The minimum absolute atomic E-state index is 0.256. The molecule has 3 rings (SSSR count). The monoisotopic (exact) mass is 436 g/mol. The highest BCUT2D eigenvalue weighted by molar-refractivity contribution is 6.26. The molecule has 1 heterocycles. The van der Waals surface area contributed by atoms with Crippen LogP contribution >= 0.6 is 0 Å². The van der Waals surface area contributed by atoms with Gasteiger partial charge >= 0.3 is 0 Å². The summed E-state index contributed by atoms with van der Waals surface area (Å²) in [5.41, 5.74) is 2.35. The van der Waals surface area contributed by atoms with E-state index in [0.29, 0.717) is 11.1 Å². The number of carbonyl (C=O) groups is 2. The number of amides is 2.